The third-order valence-corrected chi connectivity index (χ3v) is 4.93. The van der Waals surface area contributed by atoms with Crippen molar-refractivity contribution < 1.29 is 14.6 Å². The molecule has 0 amide bonds. The molecular weight excluding hydrogens is 264 g/mol. The highest BCUT2D eigenvalue weighted by atomic mass is 16.7. The third-order valence-electron chi connectivity index (χ3n) is 4.93. The molecule has 0 radical (unpaired) electrons. The van der Waals surface area contributed by atoms with Crippen molar-refractivity contribution >= 4 is 0 Å². The molecule has 1 N–H and O–H groups in total. The van der Waals surface area contributed by atoms with Gasteiger partial charge >= 0.3 is 0 Å². The summed E-state index contributed by atoms with van der Waals surface area (Å²) in [6.07, 6.45) is 5.76. The molecular formula is C18H32O3. The lowest BCUT2D eigenvalue weighted by Gasteiger charge is -2.48. The molecule has 1 saturated carbocycles. The molecule has 2 fully saturated rings. The number of aliphatic hydroxyl groups is 1. The van der Waals surface area contributed by atoms with Crippen LogP contribution in [0.25, 0.3) is 0 Å². The van der Waals surface area contributed by atoms with Crippen LogP contribution in [0.3, 0.4) is 0 Å². The molecule has 1 saturated heterocycles. The van der Waals surface area contributed by atoms with Gasteiger partial charge in [0.05, 0.1) is 18.8 Å². The highest BCUT2D eigenvalue weighted by molar-refractivity contribution is 5.15. The zero-order chi connectivity index (χ0) is 15.7. The van der Waals surface area contributed by atoms with E-state index in [4.69, 9.17) is 9.47 Å². The molecule has 0 aromatic heterocycles. The Bertz CT molecular complexity index is 368. The molecule has 2 aliphatic rings. The Balaban J connectivity index is 2.09. The first-order chi connectivity index (χ1) is 9.69. The molecule has 1 aliphatic heterocycles. The van der Waals surface area contributed by atoms with Crippen LogP contribution >= 0.6 is 0 Å². The molecule has 122 valence electrons. The van der Waals surface area contributed by atoms with Crippen LogP contribution in [0.4, 0.5) is 0 Å². The molecule has 1 aliphatic carbocycles. The summed E-state index contributed by atoms with van der Waals surface area (Å²) in [5, 5.41) is 10.8. The summed E-state index contributed by atoms with van der Waals surface area (Å²) in [7, 11) is 0. The average molecular weight is 296 g/mol. The van der Waals surface area contributed by atoms with E-state index in [-0.39, 0.29) is 11.3 Å². The van der Waals surface area contributed by atoms with E-state index < -0.39 is 11.4 Å². The lowest BCUT2D eigenvalue weighted by atomic mass is 9.77. The van der Waals surface area contributed by atoms with Crippen LogP contribution in [0.5, 0.6) is 0 Å². The largest absolute Gasteiger partial charge is 0.390 e. The normalized spacial score (nSPS) is 27.5. The van der Waals surface area contributed by atoms with Crippen molar-refractivity contribution in [3.63, 3.8) is 0 Å². The maximum absolute atomic E-state index is 10.8. The molecule has 0 bridgehead atoms. The fourth-order valence-corrected chi connectivity index (χ4v) is 3.54. The highest BCUT2D eigenvalue weighted by Gasteiger charge is 2.47. The van der Waals surface area contributed by atoms with Crippen molar-refractivity contribution in [1.82, 2.24) is 0 Å². The van der Waals surface area contributed by atoms with Crippen molar-refractivity contribution in [1.29, 1.82) is 0 Å². The van der Waals surface area contributed by atoms with Gasteiger partial charge in [-0.15, -0.1) is 0 Å². The average Bonchev–Trinajstić information content (AvgIpc) is 2.38. The molecule has 2 rings (SSSR count). The Labute approximate surface area is 129 Å². The summed E-state index contributed by atoms with van der Waals surface area (Å²) in [6.45, 7) is 14.1. The summed E-state index contributed by atoms with van der Waals surface area (Å²) in [5.41, 5.74) is 0.328. The van der Waals surface area contributed by atoms with Gasteiger partial charge in [-0.05, 0) is 18.4 Å². The van der Waals surface area contributed by atoms with Crippen LogP contribution in [0, 0.1) is 11.3 Å². The first kappa shape index (κ1) is 17.0. The Morgan fingerprint density at radius 3 is 2.10 bits per heavy atom. The second-order valence-corrected chi connectivity index (χ2v) is 8.13. The van der Waals surface area contributed by atoms with E-state index in [2.05, 4.69) is 34.3 Å². The van der Waals surface area contributed by atoms with Gasteiger partial charge in [0.15, 0.2) is 5.79 Å². The van der Waals surface area contributed by atoms with Crippen molar-refractivity contribution in [3.8, 4) is 0 Å². The lowest BCUT2D eigenvalue weighted by molar-refractivity contribution is -0.299. The van der Waals surface area contributed by atoms with E-state index in [1.807, 2.05) is 0 Å². The van der Waals surface area contributed by atoms with E-state index in [9.17, 15) is 5.11 Å². The molecule has 0 spiro atoms. The fourth-order valence-electron chi connectivity index (χ4n) is 3.54. The summed E-state index contributed by atoms with van der Waals surface area (Å²) in [5.74, 6) is -0.545. The zero-order valence-corrected chi connectivity index (χ0v) is 14.2. The topological polar surface area (TPSA) is 38.7 Å². The van der Waals surface area contributed by atoms with Gasteiger partial charge in [-0.3, -0.25) is 0 Å². The second-order valence-electron chi connectivity index (χ2n) is 8.13. The maximum Gasteiger partial charge on any atom is 0.192 e. The van der Waals surface area contributed by atoms with E-state index in [0.29, 0.717) is 19.6 Å². The first-order valence-electron chi connectivity index (χ1n) is 8.38. The fraction of sp³-hybridized carbons (Fsp3) is 0.889. The van der Waals surface area contributed by atoms with Crippen LogP contribution in [-0.4, -0.2) is 29.7 Å². The molecule has 0 unspecified atom stereocenters. The maximum atomic E-state index is 10.8. The molecule has 1 heterocycles. The molecule has 3 heteroatoms. The summed E-state index contributed by atoms with van der Waals surface area (Å²) < 4.78 is 12.3. The Morgan fingerprint density at radius 1 is 1.10 bits per heavy atom. The number of ether oxygens (including phenoxy) is 2. The van der Waals surface area contributed by atoms with E-state index in [0.717, 1.165) is 31.3 Å². The van der Waals surface area contributed by atoms with Crippen molar-refractivity contribution in [2.75, 3.05) is 13.2 Å². The molecule has 0 aromatic rings. The molecule has 21 heavy (non-hydrogen) atoms. The Morgan fingerprint density at radius 2 is 1.62 bits per heavy atom. The summed E-state index contributed by atoms with van der Waals surface area (Å²) in [4.78, 5) is 0. The monoisotopic (exact) mass is 296 g/mol. The minimum absolute atomic E-state index is 0.0421. The SMILES string of the molecule is C=C(CC1(O)CCCCC1)C1(C(C)C)OCC(C)(C)CO1. The third kappa shape index (κ3) is 3.69. The van der Waals surface area contributed by atoms with Gasteiger partial charge in [0, 0.05) is 17.8 Å². The molecule has 0 atom stereocenters. The molecule has 3 nitrogen and oxygen atoms in total. The Kier molecular flexibility index (Phi) is 4.87. The minimum atomic E-state index is -0.733. The molecule has 0 aromatic carbocycles. The van der Waals surface area contributed by atoms with Gasteiger partial charge in [0.2, 0.25) is 0 Å². The van der Waals surface area contributed by atoms with Gasteiger partial charge < -0.3 is 14.6 Å². The van der Waals surface area contributed by atoms with Crippen molar-refractivity contribution in [2.45, 2.75) is 77.6 Å². The van der Waals surface area contributed by atoms with Gasteiger partial charge in [0.25, 0.3) is 0 Å². The van der Waals surface area contributed by atoms with E-state index in [1.54, 1.807) is 0 Å². The van der Waals surface area contributed by atoms with Crippen LogP contribution in [0.2, 0.25) is 0 Å². The quantitative estimate of drug-likeness (QED) is 0.795. The van der Waals surface area contributed by atoms with Crippen LogP contribution < -0.4 is 0 Å². The number of rotatable bonds is 4. The van der Waals surface area contributed by atoms with E-state index >= 15 is 0 Å². The number of hydrogen-bond acceptors (Lipinski definition) is 3. The van der Waals surface area contributed by atoms with Crippen LogP contribution in [-0.2, 0) is 9.47 Å². The smallest absolute Gasteiger partial charge is 0.192 e. The minimum Gasteiger partial charge on any atom is -0.390 e. The lowest BCUT2D eigenvalue weighted by Crippen LogP contribution is -2.53. The first-order valence-corrected chi connectivity index (χ1v) is 8.38. The predicted octanol–water partition coefficient (Wildman–Crippen LogP) is 4.05. The van der Waals surface area contributed by atoms with Gasteiger partial charge in [0.1, 0.15) is 0 Å². The zero-order valence-electron chi connectivity index (χ0n) is 14.2. The predicted molar refractivity (Wildman–Crippen MR) is 85.0 cm³/mol. The van der Waals surface area contributed by atoms with Crippen molar-refractivity contribution in [2.24, 2.45) is 11.3 Å². The summed E-state index contributed by atoms with van der Waals surface area (Å²) >= 11 is 0. The van der Waals surface area contributed by atoms with Gasteiger partial charge in [-0.25, -0.2) is 0 Å². The summed E-state index contributed by atoms with van der Waals surface area (Å²) in [6, 6.07) is 0. The Hall–Kier alpha value is -0.380. The highest BCUT2D eigenvalue weighted by Crippen LogP contribution is 2.43. The van der Waals surface area contributed by atoms with Crippen LogP contribution in [0.15, 0.2) is 12.2 Å². The van der Waals surface area contributed by atoms with Crippen LogP contribution in [0.1, 0.15) is 66.2 Å². The van der Waals surface area contributed by atoms with Crippen molar-refractivity contribution in [3.05, 3.63) is 12.2 Å². The van der Waals surface area contributed by atoms with E-state index in [1.165, 1.54) is 6.42 Å². The number of hydrogen-bond donors (Lipinski definition) is 1. The van der Waals surface area contributed by atoms with Gasteiger partial charge in [-0.2, -0.15) is 0 Å². The second kappa shape index (κ2) is 6.02. The van der Waals surface area contributed by atoms with Gasteiger partial charge in [-0.1, -0.05) is 53.5 Å². The standard InChI is InChI=1S/C18H32O3/c1-14(2)18(20-12-16(4,5)13-21-18)15(3)11-17(19)9-7-6-8-10-17/h14,19H,3,6-13H2,1-2,4-5H3.